The first-order valence-electron chi connectivity index (χ1n) is 6.64. The first-order chi connectivity index (χ1) is 9.29. The van der Waals surface area contributed by atoms with Gasteiger partial charge in [0.15, 0.2) is 0 Å². The minimum absolute atomic E-state index is 0.0724. The van der Waals surface area contributed by atoms with E-state index in [1.54, 1.807) is 12.1 Å². The Labute approximate surface area is 112 Å². The largest absolute Gasteiger partial charge is 0.347 e. The summed E-state index contributed by atoms with van der Waals surface area (Å²) in [5.74, 6) is -0.435. The molecule has 19 heavy (non-hydrogen) atoms. The normalized spacial score (nSPS) is 17.0. The lowest BCUT2D eigenvalue weighted by Gasteiger charge is -2.22. The molecular weight excluding hydrogens is 242 g/mol. The Morgan fingerprint density at radius 1 is 1.16 bits per heavy atom. The van der Waals surface area contributed by atoms with Crippen LogP contribution >= 0.6 is 0 Å². The molecule has 5 nitrogen and oxygen atoms in total. The zero-order valence-corrected chi connectivity index (χ0v) is 10.8. The molecule has 102 valence electrons. The second-order valence-electron chi connectivity index (χ2n) is 4.72. The molecule has 2 rings (SSSR count). The van der Waals surface area contributed by atoms with Crippen molar-refractivity contribution in [3.8, 4) is 0 Å². The number of hydrogen-bond donors (Lipinski definition) is 3. The molecule has 0 radical (unpaired) electrons. The van der Waals surface area contributed by atoms with Crippen molar-refractivity contribution in [2.75, 3.05) is 0 Å². The van der Waals surface area contributed by atoms with Gasteiger partial charge in [-0.15, -0.1) is 0 Å². The Balaban J connectivity index is 2.00. The SMILES string of the molecule is O=C(NC1CCCCC1)C(=Nc1ccccc1)NO. The maximum Gasteiger partial charge on any atom is 0.289 e. The number of benzene rings is 1. The topological polar surface area (TPSA) is 73.7 Å². The third kappa shape index (κ3) is 4.06. The number of amides is 1. The van der Waals surface area contributed by atoms with Crippen molar-refractivity contribution in [3.05, 3.63) is 30.3 Å². The van der Waals surface area contributed by atoms with E-state index >= 15 is 0 Å². The summed E-state index contributed by atoms with van der Waals surface area (Å²) < 4.78 is 0. The number of hydrogen-bond acceptors (Lipinski definition) is 3. The van der Waals surface area contributed by atoms with Gasteiger partial charge in [-0.2, -0.15) is 0 Å². The van der Waals surface area contributed by atoms with Crippen LogP contribution in [0, 0.1) is 0 Å². The first-order valence-corrected chi connectivity index (χ1v) is 6.64. The van der Waals surface area contributed by atoms with Gasteiger partial charge in [0, 0.05) is 6.04 Å². The average molecular weight is 261 g/mol. The molecule has 0 unspecified atom stereocenters. The van der Waals surface area contributed by atoms with Crippen molar-refractivity contribution in [2.24, 2.45) is 4.99 Å². The predicted molar refractivity (Wildman–Crippen MR) is 73.5 cm³/mol. The quantitative estimate of drug-likeness (QED) is 0.434. The molecule has 0 saturated heterocycles. The van der Waals surface area contributed by atoms with Gasteiger partial charge in [0.05, 0.1) is 5.69 Å². The number of amidine groups is 1. The van der Waals surface area contributed by atoms with E-state index in [2.05, 4.69) is 10.3 Å². The lowest BCUT2D eigenvalue weighted by Crippen LogP contribution is -2.44. The van der Waals surface area contributed by atoms with Crippen LogP contribution in [0.3, 0.4) is 0 Å². The van der Waals surface area contributed by atoms with Crippen LogP contribution in [0.5, 0.6) is 0 Å². The van der Waals surface area contributed by atoms with Crippen molar-refractivity contribution in [2.45, 2.75) is 38.1 Å². The van der Waals surface area contributed by atoms with E-state index in [9.17, 15) is 4.79 Å². The summed E-state index contributed by atoms with van der Waals surface area (Å²) in [5, 5.41) is 11.9. The van der Waals surface area contributed by atoms with E-state index < -0.39 is 0 Å². The summed E-state index contributed by atoms with van der Waals surface area (Å²) in [6.07, 6.45) is 5.51. The summed E-state index contributed by atoms with van der Waals surface area (Å²) in [5.41, 5.74) is 2.50. The molecule has 1 aromatic carbocycles. The number of carbonyl (C=O) groups excluding carboxylic acids is 1. The standard InChI is InChI=1S/C14H19N3O2/c18-14(16-12-9-5-2-6-10-12)13(17-19)15-11-7-3-1-4-8-11/h1,3-4,7-8,12,19H,2,5-6,9-10H2,(H,15,17)(H,16,18). The lowest BCUT2D eigenvalue weighted by molar-refractivity contribution is -0.116. The highest BCUT2D eigenvalue weighted by molar-refractivity contribution is 6.38. The Morgan fingerprint density at radius 3 is 2.47 bits per heavy atom. The average Bonchev–Trinajstić information content (AvgIpc) is 2.47. The number of rotatable bonds is 2. The highest BCUT2D eigenvalue weighted by atomic mass is 16.5. The molecule has 1 aliphatic rings. The minimum Gasteiger partial charge on any atom is -0.347 e. The van der Waals surface area contributed by atoms with Crippen LogP contribution in [0.25, 0.3) is 0 Å². The summed E-state index contributed by atoms with van der Waals surface area (Å²) >= 11 is 0. The molecule has 0 spiro atoms. The van der Waals surface area contributed by atoms with E-state index in [1.807, 2.05) is 23.7 Å². The van der Waals surface area contributed by atoms with Crippen LogP contribution in [0.1, 0.15) is 32.1 Å². The molecule has 0 aliphatic heterocycles. The molecule has 1 amide bonds. The minimum atomic E-state index is -0.363. The number of para-hydroxylation sites is 1. The number of carbonyl (C=O) groups is 1. The zero-order valence-electron chi connectivity index (χ0n) is 10.8. The van der Waals surface area contributed by atoms with Crippen molar-refractivity contribution >= 4 is 17.4 Å². The van der Waals surface area contributed by atoms with Gasteiger partial charge in [0.1, 0.15) is 0 Å². The number of hydroxylamine groups is 1. The summed E-state index contributed by atoms with van der Waals surface area (Å²) in [4.78, 5) is 16.1. The van der Waals surface area contributed by atoms with Gasteiger partial charge in [-0.3, -0.25) is 10.0 Å². The molecular formula is C14H19N3O2. The van der Waals surface area contributed by atoms with Crippen LogP contribution in [-0.2, 0) is 4.79 Å². The van der Waals surface area contributed by atoms with E-state index in [-0.39, 0.29) is 17.8 Å². The van der Waals surface area contributed by atoms with E-state index in [1.165, 1.54) is 6.42 Å². The smallest absolute Gasteiger partial charge is 0.289 e. The van der Waals surface area contributed by atoms with Crippen LogP contribution in [-0.4, -0.2) is 23.0 Å². The first kappa shape index (κ1) is 13.5. The molecule has 1 fully saturated rings. The van der Waals surface area contributed by atoms with Crippen molar-refractivity contribution < 1.29 is 10.0 Å². The monoisotopic (exact) mass is 261 g/mol. The summed E-state index contributed by atoms with van der Waals surface area (Å²) in [7, 11) is 0. The molecule has 1 saturated carbocycles. The highest BCUT2D eigenvalue weighted by Gasteiger charge is 2.18. The van der Waals surface area contributed by atoms with E-state index in [0.29, 0.717) is 5.69 Å². The fraction of sp³-hybridized carbons (Fsp3) is 0.429. The molecule has 3 N–H and O–H groups in total. The van der Waals surface area contributed by atoms with Gasteiger partial charge in [0.25, 0.3) is 5.91 Å². The number of aliphatic imine (C=N–C) groups is 1. The van der Waals surface area contributed by atoms with Gasteiger partial charge in [0.2, 0.25) is 5.84 Å². The van der Waals surface area contributed by atoms with Crippen LogP contribution < -0.4 is 10.8 Å². The summed E-state index contributed by atoms with van der Waals surface area (Å²) in [6.45, 7) is 0. The fourth-order valence-electron chi connectivity index (χ4n) is 2.26. The molecule has 1 aliphatic carbocycles. The molecule has 0 atom stereocenters. The van der Waals surface area contributed by atoms with E-state index in [0.717, 1.165) is 25.7 Å². The van der Waals surface area contributed by atoms with Gasteiger partial charge in [-0.25, -0.2) is 10.5 Å². The van der Waals surface area contributed by atoms with Crippen LogP contribution in [0.15, 0.2) is 35.3 Å². The molecule has 0 heterocycles. The number of nitrogens with one attached hydrogen (secondary N) is 2. The Morgan fingerprint density at radius 2 is 1.84 bits per heavy atom. The maximum absolute atomic E-state index is 12.0. The van der Waals surface area contributed by atoms with Crippen molar-refractivity contribution in [1.29, 1.82) is 0 Å². The van der Waals surface area contributed by atoms with Gasteiger partial charge in [-0.05, 0) is 25.0 Å². The predicted octanol–water partition coefficient (Wildman–Crippen LogP) is 2.14. The van der Waals surface area contributed by atoms with Crippen molar-refractivity contribution in [1.82, 2.24) is 10.8 Å². The second kappa shape index (κ2) is 6.89. The van der Waals surface area contributed by atoms with Gasteiger partial charge < -0.3 is 5.32 Å². The molecule has 1 aromatic rings. The lowest BCUT2D eigenvalue weighted by atomic mass is 9.95. The Kier molecular flexibility index (Phi) is 4.92. The van der Waals surface area contributed by atoms with Gasteiger partial charge in [-0.1, -0.05) is 37.5 Å². The molecule has 0 bridgehead atoms. The van der Waals surface area contributed by atoms with Crippen molar-refractivity contribution in [3.63, 3.8) is 0 Å². The Bertz CT molecular complexity index is 439. The van der Waals surface area contributed by atoms with Gasteiger partial charge >= 0.3 is 0 Å². The van der Waals surface area contributed by atoms with E-state index in [4.69, 9.17) is 5.21 Å². The zero-order chi connectivity index (χ0) is 13.5. The third-order valence-corrected chi connectivity index (χ3v) is 3.26. The summed E-state index contributed by atoms with van der Waals surface area (Å²) in [6, 6.07) is 9.25. The third-order valence-electron chi connectivity index (χ3n) is 3.26. The second-order valence-corrected chi connectivity index (χ2v) is 4.72. The number of nitrogens with zero attached hydrogens (tertiary/aromatic N) is 1. The molecule has 5 heteroatoms. The van der Waals surface area contributed by atoms with Crippen LogP contribution in [0.2, 0.25) is 0 Å². The molecule has 0 aromatic heterocycles. The Hall–Kier alpha value is -1.88. The maximum atomic E-state index is 12.0. The fourth-order valence-corrected chi connectivity index (χ4v) is 2.26. The van der Waals surface area contributed by atoms with Crippen LogP contribution in [0.4, 0.5) is 5.69 Å². The highest BCUT2D eigenvalue weighted by Crippen LogP contribution is 2.17.